The third-order valence-corrected chi connectivity index (χ3v) is 4.32. The summed E-state index contributed by atoms with van der Waals surface area (Å²) in [5.74, 6) is 0.00528. The Bertz CT molecular complexity index is 777. The molecule has 0 unspecified atom stereocenters. The van der Waals surface area contributed by atoms with Crippen LogP contribution >= 0.6 is 0 Å². The lowest BCUT2D eigenvalue weighted by atomic mass is 10.1. The van der Waals surface area contributed by atoms with Gasteiger partial charge in [0.1, 0.15) is 6.10 Å². The minimum Gasteiger partial charge on any atom is -0.487 e. The lowest BCUT2D eigenvalue weighted by Gasteiger charge is -2.34. The summed E-state index contributed by atoms with van der Waals surface area (Å²) in [7, 11) is 0. The molecule has 2 aromatic carbocycles. The van der Waals surface area contributed by atoms with Gasteiger partial charge in [-0.15, -0.1) is 0 Å². The second-order valence-corrected chi connectivity index (χ2v) is 6.12. The molecule has 0 aliphatic carbocycles. The van der Waals surface area contributed by atoms with Crippen molar-refractivity contribution in [3.8, 4) is 11.8 Å². The molecule has 1 fully saturated rings. The molecule has 0 spiro atoms. The number of hydrogen-bond acceptors (Lipinski definition) is 4. The summed E-state index contributed by atoms with van der Waals surface area (Å²) in [6, 6.07) is 12.5. The van der Waals surface area contributed by atoms with Crippen molar-refractivity contribution in [1.82, 2.24) is 0 Å². The Balaban J connectivity index is 1.62. The van der Waals surface area contributed by atoms with Crippen molar-refractivity contribution in [2.24, 2.45) is 0 Å². The molecule has 1 aliphatic rings. The standard InChI is InChI=1S/C19H20FN3O/c1-13-2-5-19(16(20)10-13)24-15-6-8-23(9-7-15)18-4-3-14(12-21)11-17(18)22/h2-5,10-11,15H,6-9,22H2,1H3. The number of aryl methyl sites for hydroxylation is 1. The minimum atomic E-state index is -0.311. The Morgan fingerprint density at radius 2 is 1.96 bits per heavy atom. The maximum absolute atomic E-state index is 13.9. The van der Waals surface area contributed by atoms with Gasteiger partial charge in [0.25, 0.3) is 0 Å². The normalized spacial score (nSPS) is 15.1. The Hall–Kier alpha value is -2.74. The fourth-order valence-corrected chi connectivity index (χ4v) is 3.01. The molecular formula is C19H20FN3O. The summed E-state index contributed by atoms with van der Waals surface area (Å²) in [5, 5.41) is 8.91. The van der Waals surface area contributed by atoms with Crippen LogP contribution in [0.2, 0.25) is 0 Å². The highest BCUT2D eigenvalue weighted by Gasteiger charge is 2.23. The molecule has 0 atom stereocenters. The molecule has 124 valence electrons. The van der Waals surface area contributed by atoms with Crippen LogP contribution in [0, 0.1) is 24.1 Å². The van der Waals surface area contributed by atoms with Crippen LogP contribution < -0.4 is 15.4 Å². The number of ether oxygens (including phenoxy) is 1. The number of nitrogens with two attached hydrogens (primary N) is 1. The van der Waals surface area contributed by atoms with Crippen molar-refractivity contribution in [2.75, 3.05) is 23.7 Å². The first-order chi connectivity index (χ1) is 11.6. The zero-order chi connectivity index (χ0) is 17.1. The second kappa shape index (κ2) is 6.79. The SMILES string of the molecule is Cc1ccc(OC2CCN(c3ccc(C#N)cc3N)CC2)c(F)c1. The smallest absolute Gasteiger partial charge is 0.165 e. The van der Waals surface area contributed by atoms with Crippen LogP contribution in [-0.4, -0.2) is 19.2 Å². The van der Waals surface area contributed by atoms with Gasteiger partial charge in [-0.25, -0.2) is 4.39 Å². The van der Waals surface area contributed by atoms with Gasteiger partial charge < -0.3 is 15.4 Å². The van der Waals surface area contributed by atoms with Crippen LogP contribution in [-0.2, 0) is 0 Å². The highest BCUT2D eigenvalue weighted by Crippen LogP contribution is 2.29. The fraction of sp³-hybridized carbons (Fsp3) is 0.316. The summed E-state index contributed by atoms with van der Waals surface area (Å²) < 4.78 is 19.7. The van der Waals surface area contributed by atoms with E-state index < -0.39 is 0 Å². The van der Waals surface area contributed by atoms with Gasteiger partial charge in [-0.2, -0.15) is 5.26 Å². The first kappa shape index (κ1) is 16.1. The van der Waals surface area contributed by atoms with Crippen molar-refractivity contribution in [3.63, 3.8) is 0 Å². The highest BCUT2D eigenvalue weighted by molar-refractivity contribution is 5.69. The Morgan fingerprint density at radius 1 is 1.21 bits per heavy atom. The molecule has 3 rings (SSSR count). The number of benzene rings is 2. The number of piperidine rings is 1. The van der Waals surface area contributed by atoms with Crippen LogP contribution in [0.25, 0.3) is 0 Å². The number of rotatable bonds is 3. The van der Waals surface area contributed by atoms with E-state index in [0.29, 0.717) is 17.0 Å². The van der Waals surface area contributed by atoms with Crippen LogP contribution in [0.15, 0.2) is 36.4 Å². The van der Waals surface area contributed by atoms with Crippen molar-refractivity contribution in [3.05, 3.63) is 53.3 Å². The Labute approximate surface area is 141 Å². The van der Waals surface area contributed by atoms with E-state index in [2.05, 4.69) is 11.0 Å². The van der Waals surface area contributed by atoms with Gasteiger partial charge in [0.15, 0.2) is 11.6 Å². The van der Waals surface area contributed by atoms with Crippen molar-refractivity contribution >= 4 is 11.4 Å². The van der Waals surface area contributed by atoms with Gasteiger partial charge in [0, 0.05) is 25.9 Å². The average Bonchev–Trinajstić information content (AvgIpc) is 2.58. The molecule has 1 aliphatic heterocycles. The first-order valence-corrected chi connectivity index (χ1v) is 8.04. The van der Waals surface area contributed by atoms with Crippen LogP contribution in [0.5, 0.6) is 5.75 Å². The monoisotopic (exact) mass is 325 g/mol. The molecule has 0 radical (unpaired) electrons. The summed E-state index contributed by atoms with van der Waals surface area (Å²) in [4.78, 5) is 2.18. The fourth-order valence-electron chi connectivity index (χ4n) is 3.01. The Morgan fingerprint density at radius 3 is 2.58 bits per heavy atom. The summed E-state index contributed by atoms with van der Waals surface area (Å²) in [6.07, 6.45) is 1.59. The van der Waals surface area contributed by atoms with E-state index in [1.807, 2.05) is 19.1 Å². The number of nitriles is 1. The average molecular weight is 325 g/mol. The number of hydrogen-bond donors (Lipinski definition) is 1. The van der Waals surface area contributed by atoms with Gasteiger partial charge in [0.2, 0.25) is 0 Å². The van der Waals surface area contributed by atoms with Crippen molar-refractivity contribution < 1.29 is 9.13 Å². The molecule has 4 nitrogen and oxygen atoms in total. The van der Waals surface area contributed by atoms with Gasteiger partial charge in [-0.3, -0.25) is 0 Å². The molecule has 1 heterocycles. The predicted octanol–water partition coefficient (Wildman–Crippen LogP) is 3.64. The summed E-state index contributed by atoms with van der Waals surface area (Å²) in [5.41, 5.74) is 9.03. The molecule has 2 N–H and O–H groups in total. The third-order valence-electron chi connectivity index (χ3n) is 4.32. The van der Waals surface area contributed by atoms with E-state index in [9.17, 15) is 4.39 Å². The number of anilines is 2. The maximum atomic E-state index is 13.9. The maximum Gasteiger partial charge on any atom is 0.165 e. The lowest BCUT2D eigenvalue weighted by Crippen LogP contribution is -2.38. The number of nitrogen functional groups attached to an aromatic ring is 1. The zero-order valence-electron chi connectivity index (χ0n) is 13.6. The molecule has 0 saturated carbocycles. The molecule has 0 amide bonds. The zero-order valence-corrected chi connectivity index (χ0v) is 13.6. The van der Waals surface area contributed by atoms with Crippen LogP contribution in [0.3, 0.4) is 0 Å². The van der Waals surface area contributed by atoms with Gasteiger partial charge in [0.05, 0.1) is 23.0 Å². The van der Waals surface area contributed by atoms with E-state index in [1.165, 1.54) is 6.07 Å². The van der Waals surface area contributed by atoms with E-state index in [4.69, 9.17) is 15.7 Å². The van der Waals surface area contributed by atoms with Crippen molar-refractivity contribution in [1.29, 1.82) is 5.26 Å². The minimum absolute atomic E-state index is 0.00179. The number of nitrogens with zero attached hydrogens (tertiary/aromatic N) is 2. The molecule has 0 aromatic heterocycles. The lowest BCUT2D eigenvalue weighted by molar-refractivity contribution is 0.164. The van der Waals surface area contributed by atoms with E-state index in [0.717, 1.165) is 37.2 Å². The van der Waals surface area contributed by atoms with Gasteiger partial charge >= 0.3 is 0 Å². The van der Waals surface area contributed by atoms with E-state index in [1.54, 1.807) is 18.2 Å². The van der Waals surface area contributed by atoms with Gasteiger partial charge in [-0.1, -0.05) is 6.07 Å². The third kappa shape index (κ3) is 3.43. The van der Waals surface area contributed by atoms with Gasteiger partial charge in [-0.05, 0) is 42.8 Å². The van der Waals surface area contributed by atoms with E-state index in [-0.39, 0.29) is 11.9 Å². The topological polar surface area (TPSA) is 62.3 Å². The summed E-state index contributed by atoms with van der Waals surface area (Å²) in [6.45, 7) is 3.43. The molecule has 1 saturated heterocycles. The van der Waals surface area contributed by atoms with Crippen LogP contribution in [0.1, 0.15) is 24.0 Å². The molecular weight excluding hydrogens is 305 g/mol. The van der Waals surface area contributed by atoms with Crippen LogP contribution in [0.4, 0.5) is 15.8 Å². The molecule has 0 bridgehead atoms. The molecule has 2 aromatic rings. The number of halogens is 1. The Kier molecular flexibility index (Phi) is 4.57. The highest BCUT2D eigenvalue weighted by atomic mass is 19.1. The molecule has 5 heteroatoms. The van der Waals surface area contributed by atoms with E-state index >= 15 is 0 Å². The molecule has 24 heavy (non-hydrogen) atoms. The van der Waals surface area contributed by atoms with Crippen molar-refractivity contribution in [2.45, 2.75) is 25.9 Å². The largest absolute Gasteiger partial charge is 0.487 e. The summed E-state index contributed by atoms with van der Waals surface area (Å²) >= 11 is 0. The predicted molar refractivity (Wildman–Crippen MR) is 92.6 cm³/mol. The first-order valence-electron chi connectivity index (χ1n) is 8.04. The second-order valence-electron chi connectivity index (χ2n) is 6.12. The quantitative estimate of drug-likeness (QED) is 0.875.